The van der Waals surface area contributed by atoms with Crippen LogP contribution in [0.5, 0.6) is 0 Å². The summed E-state index contributed by atoms with van der Waals surface area (Å²) in [6.07, 6.45) is 39.8. The summed E-state index contributed by atoms with van der Waals surface area (Å²) in [7, 11) is -4.60. The van der Waals surface area contributed by atoms with Crippen molar-refractivity contribution in [3.05, 3.63) is 12.2 Å². The highest BCUT2D eigenvalue weighted by Crippen LogP contribution is 2.24. The second-order valence-electron chi connectivity index (χ2n) is 19.3. The lowest BCUT2D eigenvalue weighted by Crippen LogP contribution is -2.60. The highest BCUT2D eigenvalue weighted by molar-refractivity contribution is 7.85. The number of aliphatic hydroxyl groups is 3. The van der Waals surface area contributed by atoms with Crippen molar-refractivity contribution in [1.82, 2.24) is 0 Å². The van der Waals surface area contributed by atoms with E-state index in [1.54, 1.807) is 0 Å². The van der Waals surface area contributed by atoms with Crippen molar-refractivity contribution in [2.24, 2.45) is 0 Å². The van der Waals surface area contributed by atoms with Crippen molar-refractivity contribution in [2.45, 2.75) is 295 Å². The van der Waals surface area contributed by atoms with Gasteiger partial charge in [0.15, 0.2) is 12.4 Å². The Labute approximate surface area is 403 Å². The van der Waals surface area contributed by atoms with Gasteiger partial charge in [0.2, 0.25) is 0 Å². The van der Waals surface area contributed by atoms with Crippen molar-refractivity contribution < 1.29 is 56.8 Å². The van der Waals surface area contributed by atoms with Gasteiger partial charge in [0.1, 0.15) is 36.8 Å². The molecule has 2 unspecified atom stereocenters. The Balaban J connectivity index is 2.32. The summed E-state index contributed by atoms with van der Waals surface area (Å²) < 4.78 is 54.2. The Morgan fingerprint density at radius 3 is 1.30 bits per heavy atom. The normalized spacial score (nSPS) is 19.4. The molecule has 66 heavy (non-hydrogen) atoms. The fourth-order valence-electron chi connectivity index (χ4n) is 8.63. The average molecular weight is 961 g/mol. The highest BCUT2D eigenvalue weighted by Gasteiger charge is 2.46. The first kappa shape index (κ1) is 62.4. The van der Waals surface area contributed by atoms with E-state index < -0.39 is 71.2 Å². The number of hydrogen-bond donors (Lipinski definition) is 4. The van der Waals surface area contributed by atoms with E-state index in [9.17, 15) is 37.9 Å². The van der Waals surface area contributed by atoms with Gasteiger partial charge in [-0.15, -0.1) is 0 Å². The van der Waals surface area contributed by atoms with Crippen LogP contribution in [0.3, 0.4) is 0 Å². The van der Waals surface area contributed by atoms with Crippen LogP contribution < -0.4 is 0 Å². The maximum atomic E-state index is 12.9. The number of carbonyl (C=O) groups excluding carboxylic acids is 2. The fraction of sp³-hybridized carbons (Fsp3) is 0.925. The molecule has 390 valence electrons. The number of hydrogen-bond acceptors (Lipinski definition) is 11. The van der Waals surface area contributed by atoms with Gasteiger partial charge in [0.05, 0.1) is 6.61 Å². The Hall–Kier alpha value is -1.61. The van der Waals surface area contributed by atoms with Gasteiger partial charge in [0.25, 0.3) is 10.1 Å². The topological polar surface area (TPSA) is 186 Å². The van der Waals surface area contributed by atoms with Crippen molar-refractivity contribution in [3.63, 3.8) is 0 Å². The Morgan fingerprint density at radius 2 is 0.879 bits per heavy atom. The molecule has 0 aliphatic carbocycles. The van der Waals surface area contributed by atoms with Crippen LogP contribution in [0.15, 0.2) is 12.2 Å². The van der Waals surface area contributed by atoms with E-state index in [0.29, 0.717) is 12.8 Å². The quantitative estimate of drug-likeness (QED) is 0.0196. The number of aliphatic hydroxyl groups excluding tert-OH is 3. The van der Waals surface area contributed by atoms with Crippen LogP contribution in [0, 0.1) is 0 Å². The van der Waals surface area contributed by atoms with E-state index in [1.165, 1.54) is 186 Å². The van der Waals surface area contributed by atoms with Gasteiger partial charge in [0, 0.05) is 12.8 Å². The zero-order valence-corrected chi connectivity index (χ0v) is 42.9. The van der Waals surface area contributed by atoms with E-state index in [0.717, 1.165) is 32.1 Å². The van der Waals surface area contributed by atoms with Crippen LogP contribution in [0.4, 0.5) is 0 Å². The van der Waals surface area contributed by atoms with Gasteiger partial charge in [-0.25, -0.2) is 0 Å². The maximum Gasteiger partial charge on any atom is 0.306 e. The molecule has 0 bridgehead atoms. The summed E-state index contributed by atoms with van der Waals surface area (Å²) in [6, 6.07) is 0. The molecular weight excluding hydrogens is 861 g/mol. The van der Waals surface area contributed by atoms with Crippen LogP contribution in [0.25, 0.3) is 0 Å². The molecule has 1 fully saturated rings. The molecule has 13 heteroatoms. The summed E-state index contributed by atoms with van der Waals surface area (Å²) in [5.41, 5.74) is 0. The standard InChI is InChI=1S/C53H100O12S/c1-3-5-7-9-11-13-15-17-19-20-21-22-23-24-25-26-28-29-31-33-35-37-39-41-48(54)62-43-46(44-63-53-52(58)51(57)50(56)47(65-53)45-66(59,60)61)64-49(55)42-40-38-36-34-32-30-27-18-16-14-12-10-8-6-4-2/h33,35,46-47,50-53,56-58H,3-32,34,36-45H2,1-2H3,(H,59,60,61)/b35-33+/t46-,47-,50-,51?,52?,53+/m1/s1. The predicted octanol–water partition coefficient (Wildman–Crippen LogP) is 12.6. The first-order valence-electron chi connectivity index (χ1n) is 27.2. The number of esters is 2. The molecule has 0 aromatic heterocycles. The van der Waals surface area contributed by atoms with Crippen molar-refractivity contribution >= 4 is 22.1 Å². The number of unbranched alkanes of at least 4 members (excludes halogenated alkanes) is 33. The Kier molecular flexibility index (Phi) is 41.0. The monoisotopic (exact) mass is 961 g/mol. The van der Waals surface area contributed by atoms with Gasteiger partial charge in [-0.3, -0.25) is 14.1 Å². The first-order chi connectivity index (χ1) is 32.0. The molecule has 0 amide bonds. The third-order valence-corrected chi connectivity index (χ3v) is 13.6. The summed E-state index contributed by atoms with van der Waals surface area (Å²) in [6.45, 7) is 3.79. The molecule has 12 nitrogen and oxygen atoms in total. The Bertz CT molecular complexity index is 1260. The van der Waals surface area contributed by atoms with Crippen molar-refractivity contribution in [3.8, 4) is 0 Å². The molecule has 0 aromatic rings. The zero-order chi connectivity index (χ0) is 48.4. The van der Waals surface area contributed by atoms with E-state index in [1.807, 2.05) is 0 Å². The molecule has 1 aliphatic rings. The second kappa shape index (κ2) is 43.4. The SMILES string of the molecule is CCCCCCCCCCCCCCCCCCCC/C=C/CCCC(=O)OC[C@H](CO[C@H]1O[C@H](CS(=O)(=O)O)[C@@H](O)C(O)C1O)OC(=O)CCCCCCCCCCCCCCCCC. The van der Waals surface area contributed by atoms with E-state index in [4.69, 9.17) is 18.9 Å². The lowest BCUT2D eigenvalue weighted by atomic mass is 10.00. The average Bonchev–Trinajstić information content (AvgIpc) is 3.28. The van der Waals surface area contributed by atoms with Crippen LogP contribution in [-0.2, 0) is 38.7 Å². The molecular formula is C53H100O12S. The van der Waals surface area contributed by atoms with Crippen molar-refractivity contribution in [2.75, 3.05) is 19.0 Å². The molecule has 0 radical (unpaired) electrons. The minimum atomic E-state index is -4.60. The molecule has 1 aliphatic heterocycles. The molecule has 0 aromatic carbocycles. The van der Waals surface area contributed by atoms with Crippen LogP contribution in [0.1, 0.15) is 258 Å². The molecule has 1 rings (SSSR count). The fourth-order valence-corrected chi connectivity index (χ4v) is 9.32. The van der Waals surface area contributed by atoms with Gasteiger partial charge in [-0.2, -0.15) is 8.42 Å². The largest absolute Gasteiger partial charge is 0.462 e. The third-order valence-electron chi connectivity index (χ3n) is 12.8. The van der Waals surface area contributed by atoms with Crippen LogP contribution >= 0.6 is 0 Å². The molecule has 1 heterocycles. The lowest BCUT2D eigenvalue weighted by Gasteiger charge is -2.40. The number of allylic oxidation sites excluding steroid dienone is 2. The Morgan fingerprint density at radius 1 is 0.500 bits per heavy atom. The first-order valence-corrected chi connectivity index (χ1v) is 28.9. The van der Waals surface area contributed by atoms with Gasteiger partial charge in [-0.05, 0) is 32.1 Å². The van der Waals surface area contributed by atoms with Gasteiger partial charge < -0.3 is 34.3 Å². The molecule has 0 saturated carbocycles. The summed E-state index contributed by atoms with van der Waals surface area (Å²) in [5.74, 6) is -2.00. The molecule has 1 saturated heterocycles. The number of carbonyl (C=O) groups is 2. The number of rotatable bonds is 47. The maximum absolute atomic E-state index is 12.9. The molecule has 4 N–H and O–H groups in total. The summed E-state index contributed by atoms with van der Waals surface area (Å²) >= 11 is 0. The van der Waals surface area contributed by atoms with Crippen LogP contribution in [0.2, 0.25) is 0 Å². The van der Waals surface area contributed by atoms with Crippen molar-refractivity contribution in [1.29, 1.82) is 0 Å². The minimum absolute atomic E-state index is 0.165. The molecule has 6 atom stereocenters. The van der Waals surface area contributed by atoms with E-state index in [-0.39, 0.29) is 19.4 Å². The molecule has 0 spiro atoms. The van der Waals surface area contributed by atoms with E-state index in [2.05, 4.69) is 26.0 Å². The van der Waals surface area contributed by atoms with E-state index >= 15 is 0 Å². The second-order valence-corrected chi connectivity index (χ2v) is 20.8. The van der Waals surface area contributed by atoms with Gasteiger partial charge in [-0.1, -0.05) is 225 Å². The summed E-state index contributed by atoms with van der Waals surface area (Å²) in [5, 5.41) is 31.0. The minimum Gasteiger partial charge on any atom is -0.462 e. The summed E-state index contributed by atoms with van der Waals surface area (Å²) in [4.78, 5) is 25.5. The predicted molar refractivity (Wildman–Crippen MR) is 266 cm³/mol. The van der Waals surface area contributed by atoms with Gasteiger partial charge >= 0.3 is 11.9 Å². The third kappa shape index (κ3) is 37.3. The smallest absolute Gasteiger partial charge is 0.306 e. The lowest BCUT2D eigenvalue weighted by molar-refractivity contribution is -0.297. The highest BCUT2D eigenvalue weighted by atomic mass is 32.2. The van der Waals surface area contributed by atoms with Crippen LogP contribution in [-0.4, -0.2) is 96.0 Å². The number of ether oxygens (including phenoxy) is 4. The zero-order valence-electron chi connectivity index (χ0n) is 42.1.